The summed E-state index contributed by atoms with van der Waals surface area (Å²) in [6.45, 7) is 4.94. The Hall–Kier alpha value is -3.03. The van der Waals surface area contributed by atoms with Gasteiger partial charge in [0.05, 0.1) is 0 Å². The van der Waals surface area contributed by atoms with Gasteiger partial charge in [0.25, 0.3) is 5.91 Å². The van der Waals surface area contributed by atoms with Gasteiger partial charge >= 0.3 is 5.97 Å². The van der Waals surface area contributed by atoms with Crippen LogP contribution in [0.4, 0.5) is 0 Å². The lowest BCUT2D eigenvalue weighted by Crippen LogP contribution is -2.34. The van der Waals surface area contributed by atoms with Crippen LogP contribution in [-0.2, 0) is 14.3 Å². The van der Waals surface area contributed by atoms with Crippen molar-refractivity contribution in [3.05, 3.63) is 41.7 Å². The minimum atomic E-state index is -0.687. The van der Waals surface area contributed by atoms with E-state index in [1.165, 1.54) is 4.68 Å². The van der Waals surface area contributed by atoms with Crippen molar-refractivity contribution >= 4 is 23.6 Å². The highest BCUT2D eigenvalue weighted by Gasteiger charge is 2.19. The smallest absolute Gasteiger partial charge is 0.357 e. The summed E-state index contributed by atoms with van der Waals surface area (Å²) in [7, 11) is 0. The number of nitrogens with one attached hydrogen (secondary N) is 1. The fraction of sp³-hybridized carbons (Fsp3) is 0.312. The Morgan fingerprint density at radius 1 is 1.29 bits per heavy atom. The second-order valence-electron chi connectivity index (χ2n) is 5.38. The van der Waals surface area contributed by atoms with Gasteiger partial charge in [0.2, 0.25) is 0 Å². The summed E-state index contributed by atoms with van der Waals surface area (Å²) in [5, 5.41) is 13.8. The van der Waals surface area contributed by atoms with Crippen LogP contribution in [0.2, 0.25) is 0 Å². The molecule has 0 aliphatic heterocycles. The molecule has 0 aliphatic rings. The second kappa shape index (κ2) is 8.00. The predicted octanol–water partition coefficient (Wildman–Crippen LogP) is 1.05. The minimum Gasteiger partial charge on any atom is -0.451 e. The van der Waals surface area contributed by atoms with Crippen LogP contribution >= 0.6 is 0 Å². The molecule has 0 fully saturated rings. The van der Waals surface area contributed by atoms with Crippen LogP contribution in [0.1, 0.15) is 25.2 Å². The summed E-state index contributed by atoms with van der Waals surface area (Å²) in [6, 6.07) is 9.19. The lowest BCUT2D eigenvalue weighted by atomic mass is 10.2. The monoisotopic (exact) mass is 329 g/mol. The average Bonchev–Trinajstić information content (AvgIpc) is 2.96. The number of esters is 1. The maximum Gasteiger partial charge on any atom is 0.357 e. The molecule has 8 heteroatoms. The number of amides is 1. The molecule has 1 aromatic carbocycles. The summed E-state index contributed by atoms with van der Waals surface area (Å²) in [5.74, 6) is -0.625. The molecule has 0 aliphatic carbocycles. The molecule has 0 bridgehead atoms. The van der Waals surface area contributed by atoms with Gasteiger partial charge in [-0.15, -0.1) is 5.10 Å². The van der Waals surface area contributed by atoms with Crippen LogP contribution in [0.3, 0.4) is 0 Å². The van der Waals surface area contributed by atoms with Crippen molar-refractivity contribution in [1.29, 1.82) is 0 Å². The molecular weight excluding hydrogens is 310 g/mol. The number of aromatic nitrogens is 4. The lowest BCUT2D eigenvalue weighted by molar-refractivity contribution is -0.143. The van der Waals surface area contributed by atoms with Gasteiger partial charge in [0, 0.05) is 6.04 Å². The first kappa shape index (κ1) is 17.3. The molecule has 2 aromatic rings. The zero-order valence-corrected chi connectivity index (χ0v) is 13.8. The number of nitrogens with zero attached hydrogens (tertiary/aromatic N) is 4. The molecular formula is C16H19N5O3. The summed E-state index contributed by atoms with van der Waals surface area (Å²) >= 11 is 0. The highest BCUT2D eigenvalue weighted by atomic mass is 16.5. The summed E-state index contributed by atoms with van der Waals surface area (Å²) < 4.78 is 6.36. The molecule has 2 rings (SSSR count). The van der Waals surface area contributed by atoms with Gasteiger partial charge in [-0.25, -0.2) is 4.79 Å². The number of benzene rings is 1. The van der Waals surface area contributed by atoms with Crippen molar-refractivity contribution in [2.75, 3.05) is 6.61 Å². The Morgan fingerprint density at radius 2 is 2.00 bits per heavy atom. The van der Waals surface area contributed by atoms with Crippen LogP contribution in [0, 0.1) is 6.92 Å². The van der Waals surface area contributed by atoms with Crippen LogP contribution < -0.4 is 5.32 Å². The average molecular weight is 329 g/mol. The number of ether oxygens (including phenoxy) is 1. The first-order chi connectivity index (χ1) is 11.5. The topological polar surface area (TPSA) is 99.0 Å². The van der Waals surface area contributed by atoms with Crippen molar-refractivity contribution in [2.45, 2.75) is 26.8 Å². The van der Waals surface area contributed by atoms with E-state index >= 15 is 0 Å². The second-order valence-corrected chi connectivity index (χ2v) is 5.38. The Bertz CT molecular complexity index is 737. The highest BCUT2D eigenvalue weighted by molar-refractivity contribution is 6.15. The van der Waals surface area contributed by atoms with E-state index < -0.39 is 5.97 Å². The number of aryl methyl sites for hydroxylation is 1. The van der Waals surface area contributed by atoms with Gasteiger partial charge in [-0.2, -0.15) is 4.68 Å². The molecule has 0 spiro atoms. The zero-order valence-electron chi connectivity index (χ0n) is 13.8. The van der Waals surface area contributed by atoms with Gasteiger partial charge in [-0.1, -0.05) is 30.3 Å². The third-order valence-corrected chi connectivity index (χ3v) is 2.95. The molecule has 1 heterocycles. The molecule has 8 nitrogen and oxygen atoms in total. The van der Waals surface area contributed by atoms with Crippen LogP contribution in [0.15, 0.2) is 30.3 Å². The number of tetrazole rings is 1. The molecule has 24 heavy (non-hydrogen) atoms. The molecule has 1 aromatic heterocycles. The van der Waals surface area contributed by atoms with E-state index in [0.29, 0.717) is 5.82 Å². The van der Waals surface area contributed by atoms with Crippen molar-refractivity contribution in [1.82, 2.24) is 25.5 Å². The normalized spacial score (nSPS) is 11.4. The maximum absolute atomic E-state index is 12.4. The Balaban J connectivity index is 2.20. The summed E-state index contributed by atoms with van der Waals surface area (Å²) in [6.07, 6.45) is 1.60. The van der Waals surface area contributed by atoms with Gasteiger partial charge in [-0.3, -0.25) is 4.79 Å². The van der Waals surface area contributed by atoms with Gasteiger partial charge < -0.3 is 10.1 Å². The lowest BCUT2D eigenvalue weighted by Gasteiger charge is -2.11. The van der Waals surface area contributed by atoms with E-state index in [4.69, 9.17) is 4.74 Å². The van der Waals surface area contributed by atoms with E-state index in [-0.39, 0.29) is 24.3 Å². The molecule has 0 atom stereocenters. The van der Waals surface area contributed by atoms with E-state index in [1.807, 2.05) is 44.2 Å². The fourth-order valence-corrected chi connectivity index (χ4v) is 1.94. The standard InChI is InChI=1S/C16H19N5O3/c1-11(2)17-15(22)10-24-16(23)14(21-12(3)18-19-20-21)9-13-7-5-4-6-8-13/h4-9,11H,10H2,1-3H3,(H,17,22)/b14-9-. The third kappa shape index (κ3) is 4.73. The third-order valence-electron chi connectivity index (χ3n) is 2.95. The van der Waals surface area contributed by atoms with E-state index in [0.717, 1.165) is 5.56 Å². The molecule has 0 saturated heterocycles. The predicted molar refractivity (Wildman–Crippen MR) is 87.4 cm³/mol. The highest BCUT2D eigenvalue weighted by Crippen LogP contribution is 2.13. The molecule has 1 N–H and O–H groups in total. The van der Waals surface area contributed by atoms with Crippen molar-refractivity contribution in [3.63, 3.8) is 0 Å². The first-order valence-corrected chi connectivity index (χ1v) is 7.46. The van der Waals surface area contributed by atoms with Crippen molar-refractivity contribution in [3.8, 4) is 0 Å². The quantitative estimate of drug-likeness (QED) is 0.628. The molecule has 1 amide bonds. The SMILES string of the molecule is Cc1nnnn1/C(=C\c1ccccc1)C(=O)OCC(=O)NC(C)C. The molecule has 0 saturated carbocycles. The van der Waals surface area contributed by atoms with Crippen LogP contribution in [0.5, 0.6) is 0 Å². The minimum absolute atomic E-state index is 0.0303. The van der Waals surface area contributed by atoms with Crippen molar-refractivity contribution < 1.29 is 14.3 Å². The van der Waals surface area contributed by atoms with Crippen LogP contribution in [-0.4, -0.2) is 44.7 Å². The zero-order chi connectivity index (χ0) is 17.5. The van der Waals surface area contributed by atoms with Crippen LogP contribution in [0.25, 0.3) is 11.8 Å². The maximum atomic E-state index is 12.4. The van der Waals surface area contributed by atoms with Gasteiger partial charge in [0.15, 0.2) is 18.1 Å². The largest absolute Gasteiger partial charge is 0.451 e. The molecule has 0 radical (unpaired) electrons. The Kier molecular flexibility index (Phi) is 5.78. The first-order valence-electron chi connectivity index (χ1n) is 7.46. The summed E-state index contributed by atoms with van der Waals surface area (Å²) in [4.78, 5) is 24.0. The fourth-order valence-electron chi connectivity index (χ4n) is 1.94. The number of rotatable bonds is 6. The molecule has 0 unspecified atom stereocenters. The Labute approximate surface area is 139 Å². The van der Waals surface area contributed by atoms with E-state index in [9.17, 15) is 9.59 Å². The van der Waals surface area contributed by atoms with Gasteiger partial charge in [0.1, 0.15) is 0 Å². The number of hydrogen-bond acceptors (Lipinski definition) is 6. The number of hydrogen-bond donors (Lipinski definition) is 1. The van der Waals surface area contributed by atoms with Crippen molar-refractivity contribution in [2.24, 2.45) is 0 Å². The Morgan fingerprint density at radius 3 is 2.58 bits per heavy atom. The molecule has 126 valence electrons. The van der Waals surface area contributed by atoms with E-state index in [2.05, 4.69) is 20.8 Å². The van der Waals surface area contributed by atoms with Gasteiger partial charge in [-0.05, 0) is 42.8 Å². The number of carbonyl (C=O) groups excluding carboxylic acids is 2. The summed E-state index contributed by atoms with van der Waals surface area (Å²) in [5.41, 5.74) is 0.909. The van der Waals surface area contributed by atoms with E-state index in [1.54, 1.807) is 13.0 Å². The number of carbonyl (C=O) groups is 2.